The first-order valence-electron chi connectivity index (χ1n) is 10.9. The van der Waals surface area contributed by atoms with Gasteiger partial charge < -0.3 is 15.4 Å². The lowest BCUT2D eigenvalue weighted by Gasteiger charge is -2.37. The van der Waals surface area contributed by atoms with Crippen LogP contribution < -0.4 is 15.4 Å². The average molecular weight is 415 g/mol. The van der Waals surface area contributed by atoms with Crippen LogP contribution in [0.2, 0.25) is 0 Å². The number of benzene rings is 3. The van der Waals surface area contributed by atoms with E-state index in [0.717, 1.165) is 30.1 Å². The second kappa shape index (κ2) is 8.84. The van der Waals surface area contributed by atoms with Gasteiger partial charge in [0.25, 0.3) is 0 Å². The number of hydrogen-bond acceptors (Lipinski definition) is 4. The predicted molar refractivity (Wildman–Crippen MR) is 127 cm³/mol. The minimum atomic E-state index is -0.00153. The summed E-state index contributed by atoms with van der Waals surface area (Å²) >= 11 is 0. The lowest BCUT2D eigenvalue weighted by atomic mass is 9.86. The number of ether oxygens (including phenoxy) is 1. The van der Waals surface area contributed by atoms with Gasteiger partial charge in [0.05, 0.1) is 17.4 Å². The van der Waals surface area contributed by atoms with Crippen LogP contribution >= 0.6 is 0 Å². The number of carbonyl (C=O) groups is 1. The standard InChI is InChI=1S/C27H30N2O2/c1-27(2,3)23-18-31-26-22(28-17-16-19-10-6-4-7-11-19)15-14-21(24(26)29-23)25(30)20-12-8-5-9-13-20/h4-15,23,28-29H,16-18H2,1-3H3. The number of carbonyl (C=O) groups excluding carboxylic acids is 1. The van der Waals surface area contributed by atoms with Crippen molar-refractivity contribution in [3.05, 3.63) is 89.5 Å². The molecule has 4 rings (SSSR count). The first-order valence-corrected chi connectivity index (χ1v) is 10.9. The zero-order valence-corrected chi connectivity index (χ0v) is 18.4. The molecule has 0 amide bonds. The summed E-state index contributed by atoms with van der Waals surface area (Å²) < 4.78 is 6.25. The van der Waals surface area contributed by atoms with Crippen molar-refractivity contribution in [3.63, 3.8) is 0 Å². The fourth-order valence-corrected chi connectivity index (χ4v) is 3.78. The quantitative estimate of drug-likeness (QED) is 0.501. The topological polar surface area (TPSA) is 50.4 Å². The lowest BCUT2D eigenvalue weighted by molar-refractivity contribution is 0.103. The fourth-order valence-electron chi connectivity index (χ4n) is 3.78. The third kappa shape index (κ3) is 4.74. The van der Waals surface area contributed by atoms with Gasteiger partial charge in [0.2, 0.25) is 0 Å². The SMILES string of the molecule is CC(C)(C)C1COc2c(NCCc3ccccc3)ccc(C(=O)c3ccccc3)c2N1. The molecule has 160 valence electrons. The van der Waals surface area contributed by atoms with Gasteiger partial charge in [0, 0.05) is 17.7 Å². The Morgan fingerprint density at radius 1 is 1.00 bits per heavy atom. The largest absolute Gasteiger partial charge is 0.487 e. The molecule has 0 fully saturated rings. The molecule has 1 unspecified atom stereocenters. The van der Waals surface area contributed by atoms with Crippen molar-refractivity contribution < 1.29 is 9.53 Å². The van der Waals surface area contributed by atoms with Crippen molar-refractivity contribution in [3.8, 4) is 5.75 Å². The third-order valence-electron chi connectivity index (χ3n) is 5.77. The summed E-state index contributed by atoms with van der Waals surface area (Å²) in [4.78, 5) is 13.3. The Kier molecular flexibility index (Phi) is 5.99. The maximum absolute atomic E-state index is 13.3. The molecule has 0 saturated carbocycles. The lowest BCUT2D eigenvalue weighted by Crippen LogP contribution is -2.42. The Bertz CT molecular complexity index is 1040. The zero-order valence-electron chi connectivity index (χ0n) is 18.4. The molecule has 2 N–H and O–H groups in total. The van der Waals surface area contributed by atoms with E-state index < -0.39 is 0 Å². The van der Waals surface area contributed by atoms with Crippen molar-refractivity contribution in [2.24, 2.45) is 5.41 Å². The van der Waals surface area contributed by atoms with Crippen molar-refractivity contribution in [1.29, 1.82) is 0 Å². The molecule has 1 atom stereocenters. The number of fused-ring (bicyclic) bond motifs is 1. The molecule has 1 heterocycles. The first-order chi connectivity index (χ1) is 14.9. The van der Waals surface area contributed by atoms with Crippen molar-refractivity contribution in [2.45, 2.75) is 33.2 Å². The molecule has 0 saturated heterocycles. The Hall–Kier alpha value is -3.27. The van der Waals surface area contributed by atoms with Gasteiger partial charge in [-0.3, -0.25) is 4.79 Å². The number of nitrogens with one attached hydrogen (secondary N) is 2. The number of rotatable bonds is 6. The summed E-state index contributed by atoms with van der Waals surface area (Å²) in [5.74, 6) is 0.730. The van der Waals surface area contributed by atoms with Crippen LogP contribution in [0.3, 0.4) is 0 Å². The van der Waals surface area contributed by atoms with Crippen LogP contribution in [0, 0.1) is 5.41 Å². The van der Waals surface area contributed by atoms with E-state index >= 15 is 0 Å². The van der Waals surface area contributed by atoms with Gasteiger partial charge in [-0.2, -0.15) is 0 Å². The van der Waals surface area contributed by atoms with Crippen LogP contribution in [0.15, 0.2) is 72.8 Å². The summed E-state index contributed by atoms with van der Waals surface area (Å²) in [6, 6.07) is 23.8. The highest BCUT2D eigenvalue weighted by molar-refractivity contribution is 6.13. The Morgan fingerprint density at radius 2 is 1.68 bits per heavy atom. The monoisotopic (exact) mass is 414 g/mol. The minimum Gasteiger partial charge on any atom is -0.487 e. The van der Waals surface area contributed by atoms with Crippen molar-refractivity contribution in [1.82, 2.24) is 0 Å². The molecule has 4 heteroatoms. The molecule has 3 aromatic rings. The van der Waals surface area contributed by atoms with E-state index in [1.165, 1.54) is 5.56 Å². The summed E-state index contributed by atoms with van der Waals surface area (Å²) in [5, 5.41) is 7.12. The van der Waals surface area contributed by atoms with Gasteiger partial charge in [-0.05, 0) is 29.5 Å². The van der Waals surface area contributed by atoms with Crippen molar-refractivity contribution >= 4 is 17.2 Å². The molecular weight excluding hydrogens is 384 g/mol. The van der Waals surface area contributed by atoms with E-state index in [1.54, 1.807) is 0 Å². The molecule has 0 spiro atoms. The molecule has 1 aliphatic heterocycles. The molecule has 3 aromatic carbocycles. The van der Waals surface area contributed by atoms with Gasteiger partial charge in [-0.25, -0.2) is 0 Å². The predicted octanol–water partition coefficient (Wildman–Crippen LogP) is 5.79. The molecule has 1 aliphatic rings. The summed E-state index contributed by atoms with van der Waals surface area (Å²) in [6.07, 6.45) is 0.915. The highest BCUT2D eigenvalue weighted by atomic mass is 16.5. The number of anilines is 2. The Morgan fingerprint density at radius 3 is 2.35 bits per heavy atom. The molecule has 0 bridgehead atoms. The van der Waals surface area contributed by atoms with Gasteiger partial charge in [0.15, 0.2) is 11.5 Å². The van der Waals surface area contributed by atoms with E-state index in [0.29, 0.717) is 17.7 Å². The van der Waals surface area contributed by atoms with E-state index in [-0.39, 0.29) is 17.2 Å². The van der Waals surface area contributed by atoms with Gasteiger partial charge in [-0.15, -0.1) is 0 Å². The van der Waals surface area contributed by atoms with Crippen molar-refractivity contribution in [2.75, 3.05) is 23.8 Å². The highest BCUT2D eigenvalue weighted by Gasteiger charge is 2.33. The summed E-state index contributed by atoms with van der Waals surface area (Å²) in [5.41, 5.74) is 4.30. The molecule has 0 aliphatic carbocycles. The average Bonchev–Trinajstić information content (AvgIpc) is 2.79. The van der Waals surface area contributed by atoms with E-state index in [2.05, 4.69) is 55.7 Å². The van der Waals surface area contributed by atoms with Crippen LogP contribution in [0.5, 0.6) is 5.75 Å². The maximum atomic E-state index is 13.3. The first kappa shape index (κ1) is 21.0. The zero-order chi connectivity index (χ0) is 21.8. The molecule has 31 heavy (non-hydrogen) atoms. The van der Waals surface area contributed by atoms with Crippen LogP contribution in [-0.2, 0) is 6.42 Å². The van der Waals surface area contributed by atoms with E-state index in [9.17, 15) is 4.79 Å². The Labute approximate surface area is 184 Å². The van der Waals surface area contributed by atoms with Gasteiger partial charge in [-0.1, -0.05) is 81.4 Å². The van der Waals surface area contributed by atoms with Gasteiger partial charge in [0.1, 0.15) is 6.61 Å². The maximum Gasteiger partial charge on any atom is 0.195 e. The second-order valence-electron chi connectivity index (χ2n) is 9.10. The van der Waals surface area contributed by atoms with E-state index in [4.69, 9.17) is 4.74 Å². The minimum absolute atomic E-state index is 0.00149. The summed E-state index contributed by atoms with van der Waals surface area (Å²) in [6.45, 7) is 7.89. The molecule has 4 nitrogen and oxygen atoms in total. The molecule has 0 aromatic heterocycles. The van der Waals surface area contributed by atoms with Gasteiger partial charge >= 0.3 is 0 Å². The number of hydrogen-bond donors (Lipinski definition) is 2. The normalized spacial score (nSPS) is 15.4. The van der Waals surface area contributed by atoms with Crippen LogP contribution in [0.25, 0.3) is 0 Å². The number of ketones is 1. The van der Waals surface area contributed by atoms with Crippen LogP contribution in [0.4, 0.5) is 11.4 Å². The second-order valence-corrected chi connectivity index (χ2v) is 9.10. The summed E-state index contributed by atoms with van der Waals surface area (Å²) in [7, 11) is 0. The fraction of sp³-hybridized carbons (Fsp3) is 0.296. The smallest absolute Gasteiger partial charge is 0.195 e. The van der Waals surface area contributed by atoms with Crippen LogP contribution in [0.1, 0.15) is 42.3 Å². The Balaban J connectivity index is 1.63. The third-order valence-corrected chi connectivity index (χ3v) is 5.77. The van der Waals surface area contributed by atoms with E-state index in [1.807, 2.05) is 48.5 Å². The molecule has 0 radical (unpaired) electrons. The highest BCUT2D eigenvalue weighted by Crippen LogP contribution is 2.42. The molecular formula is C27H30N2O2. The van der Waals surface area contributed by atoms with Crippen LogP contribution in [-0.4, -0.2) is 25.0 Å².